The van der Waals surface area contributed by atoms with Crippen molar-refractivity contribution in [3.63, 3.8) is 0 Å². The van der Waals surface area contributed by atoms with E-state index in [9.17, 15) is 8.42 Å². The zero-order valence-corrected chi connectivity index (χ0v) is 12.1. The number of hydrogen-bond donors (Lipinski definition) is 1. The Morgan fingerprint density at radius 1 is 1.29 bits per heavy atom. The lowest BCUT2D eigenvalue weighted by molar-refractivity contribution is 0.174. The van der Waals surface area contributed by atoms with Crippen LogP contribution in [0.15, 0.2) is 33.8 Å². The SMILES string of the molecule is Cc1nc(CCNS(=O)(=O)c2ccc3c(c2)OCO3)co1. The normalized spacial score (nSPS) is 13.6. The molecule has 0 atom stereocenters. The summed E-state index contributed by atoms with van der Waals surface area (Å²) in [6.45, 7) is 2.08. The van der Waals surface area contributed by atoms with Gasteiger partial charge in [-0.3, -0.25) is 0 Å². The molecule has 3 rings (SSSR count). The number of nitrogens with one attached hydrogen (secondary N) is 1. The minimum Gasteiger partial charge on any atom is -0.454 e. The van der Waals surface area contributed by atoms with Crippen molar-refractivity contribution in [1.29, 1.82) is 0 Å². The van der Waals surface area contributed by atoms with E-state index in [2.05, 4.69) is 9.71 Å². The maximum absolute atomic E-state index is 12.2. The lowest BCUT2D eigenvalue weighted by Gasteiger charge is -2.06. The van der Waals surface area contributed by atoms with Crippen molar-refractivity contribution in [3.8, 4) is 11.5 Å². The summed E-state index contributed by atoms with van der Waals surface area (Å²) in [5.41, 5.74) is 0.709. The Morgan fingerprint density at radius 3 is 2.86 bits per heavy atom. The molecule has 0 radical (unpaired) electrons. The molecule has 0 fully saturated rings. The van der Waals surface area contributed by atoms with Gasteiger partial charge in [-0.05, 0) is 12.1 Å². The molecular weight excluding hydrogens is 296 g/mol. The van der Waals surface area contributed by atoms with E-state index >= 15 is 0 Å². The van der Waals surface area contributed by atoms with Crippen LogP contribution in [0.3, 0.4) is 0 Å². The summed E-state index contributed by atoms with van der Waals surface area (Å²) in [4.78, 5) is 4.25. The molecule has 1 N–H and O–H groups in total. The number of sulfonamides is 1. The minimum atomic E-state index is -3.59. The van der Waals surface area contributed by atoms with E-state index in [1.165, 1.54) is 18.4 Å². The molecule has 0 amide bonds. The fourth-order valence-corrected chi connectivity index (χ4v) is 3.01. The van der Waals surface area contributed by atoms with Crippen LogP contribution in [0.2, 0.25) is 0 Å². The molecule has 0 saturated heterocycles. The fraction of sp³-hybridized carbons (Fsp3) is 0.308. The van der Waals surface area contributed by atoms with Gasteiger partial charge in [-0.2, -0.15) is 0 Å². The molecule has 112 valence electrons. The van der Waals surface area contributed by atoms with Gasteiger partial charge in [0.05, 0.1) is 10.6 Å². The number of oxazole rings is 1. The first-order valence-corrected chi connectivity index (χ1v) is 7.83. The van der Waals surface area contributed by atoms with Crippen molar-refractivity contribution in [1.82, 2.24) is 9.71 Å². The van der Waals surface area contributed by atoms with Crippen molar-refractivity contribution < 1.29 is 22.3 Å². The van der Waals surface area contributed by atoms with E-state index in [0.717, 1.165) is 0 Å². The van der Waals surface area contributed by atoms with Gasteiger partial charge >= 0.3 is 0 Å². The summed E-state index contributed by atoms with van der Waals surface area (Å²) in [5, 5.41) is 0. The van der Waals surface area contributed by atoms with Gasteiger partial charge in [0, 0.05) is 26.0 Å². The molecule has 8 heteroatoms. The Labute approximate surface area is 121 Å². The van der Waals surface area contributed by atoms with Crippen LogP contribution in [0.1, 0.15) is 11.6 Å². The molecule has 0 bridgehead atoms. The number of nitrogens with zero attached hydrogens (tertiary/aromatic N) is 1. The predicted octanol–water partition coefficient (Wildman–Crippen LogP) is 1.23. The molecule has 1 aliphatic heterocycles. The minimum absolute atomic E-state index is 0.109. The van der Waals surface area contributed by atoms with E-state index in [-0.39, 0.29) is 18.2 Å². The van der Waals surface area contributed by atoms with Gasteiger partial charge in [-0.15, -0.1) is 0 Å². The Morgan fingerprint density at radius 2 is 2.10 bits per heavy atom. The van der Waals surface area contributed by atoms with Crippen LogP contribution in [0, 0.1) is 6.92 Å². The third kappa shape index (κ3) is 3.01. The first kappa shape index (κ1) is 13.9. The fourth-order valence-electron chi connectivity index (χ4n) is 1.96. The van der Waals surface area contributed by atoms with Crippen molar-refractivity contribution >= 4 is 10.0 Å². The quantitative estimate of drug-likeness (QED) is 0.893. The number of hydrogen-bond acceptors (Lipinski definition) is 6. The lowest BCUT2D eigenvalue weighted by atomic mass is 10.3. The highest BCUT2D eigenvalue weighted by atomic mass is 32.2. The largest absolute Gasteiger partial charge is 0.454 e. The third-order valence-electron chi connectivity index (χ3n) is 2.99. The van der Waals surface area contributed by atoms with Crippen LogP contribution < -0.4 is 14.2 Å². The monoisotopic (exact) mass is 310 g/mol. The molecule has 2 heterocycles. The topological polar surface area (TPSA) is 90.7 Å². The average molecular weight is 310 g/mol. The molecule has 2 aromatic rings. The molecule has 1 aliphatic rings. The summed E-state index contributed by atoms with van der Waals surface area (Å²) >= 11 is 0. The van der Waals surface area contributed by atoms with Crippen molar-refractivity contribution in [2.75, 3.05) is 13.3 Å². The van der Waals surface area contributed by atoms with Gasteiger partial charge in [0.15, 0.2) is 17.4 Å². The van der Waals surface area contributed by atoms with Crippen molar-refractivity contribution in [2.24, 2.45) is 0 Å². The maximum Gasteiger partial charge on any atom is 0.240 e. The zero-order valence-electron chi connectivity index (χ0n) is 11.3. The predicted molar refractivity (Wildman–Crippen MR) is 72.7 cm³/mol. The summed E-state index contributed by atoms with van der Waals surface area (Å²) in [6.07, 6.45) is 1.98. The average Bonchev–Trinajstić information content (AvgIpc) is 3.06. The second kappa shape index (κ2) is 5.38. The van der Waals surface area contributed by atoms with Crippen molar-refractivity contribution in [3.05, 3.63) is 36.0 Å². The highest BCUT2D eigenvalue weighted by Gasteiger charge is 2.20. The number of fused-ring (bicyclic) bond motifs is 1. The standard InChI is InChI=1S/C13H14N2O5S/c1-9-15-10(7-18-9)4-5-14-21(16,17)11-2-3-12-13(6-11)20-8-19-12/h2-3,6-7,14H,4-5,8H2,1H3. The Balaban J connectivity index is 1.66. The summed E-state index contributed by atoms with van der Waals surface area (Å²) in [6, 6.07) is 4.51. The number of benzene rings is 1. The van der Waals surface area contributed by atoms with Crippen LogP contribution in [0.4, 0.5) is 0 Å². The van der Waals surface area contributed by atoms with Gasteiger partial charge in [0.2, 0.25) is 16.8 Å². The van der Waals surface area contributed by atoms with Gasteiger partial charge in [0.25, 0.3) is 0 Å². The van der Waals surface area contributed by atoms with E-state index in [1.807, 2.05) is 0 Å². The summed E-state index contributed by atoms with van der Waals surface area (Å²) in [5.74, 6) is 1.54. The molecule has 21 heavy (non-hydrogen) atoms. The second-order valence-corrected chi connectivity index (χ2v) is 6.29. The first-order chi connectivity index (χ1) is 10.0. The van der Waals surface area contributed by atoms with Crippen molar-refractivity contribution in [2.45, 2.75) is 18.2 Å². The highest BCUT2D eigenvalue weighted by molar-refractivity contribution is 7.89. The van der Waals surface area contributed by atoms with E-state index < -0.39 is 10.0 Å². The highest BCUT2D eigenvalue weighted by Crippen LogP contribution is 2.33. The molecule has 0 unspecified atom stereocenters. The Hall–Kier alpha value is -2.06. The second-order valence-electron chi connectivity index (χ2n) is 4.52. The van der Waals surface area contributed by atoms with Gasteiger partial charge in [-0.25, -0.2) is 18.1 Å². The Bertz CT molecular complexity index is 754. The summed E-state index contributed by atoms with van der Waals surface area (Å²) in [7, 11) is -3.59. The molecule has 0 spiro atoms. The zero-order chi connectivity index (χ0) is 14.9. The maximum atomic E-state index is 12.2. The van der Waals surface area contributed by atoms with E-state index in [1.54, 1.807) is 13.0 Å². The number of aromatic nitrogens is 1. The molecule has 1 aromatic heterocycles. The first-order valence-electron chi connectivity index (χ1n) is 6.35. The third-order valence-corrected chi connectivity index (χ3v) is 4.45. The van der Waals surface area contributed by atoms with Crippen LogP contribution >= 0.6 is 0 Å². The van der Waals surface area contributed by atoms with E-state index in [0.29, 0.717) is 29.5 Å². The summed E-state index contributed by atoms with van der Waals surface area (Å²) < 4.78 is 42.3. The van der Waals surface area contributed by atoms with E-state index in [4.69, 9.17) is 13.9 Å². The molecular formula is C13H14N2O5S. The molecule has 0 aliphatic carbocycles. The smallest absolute Gasteiger partial charge is 0.240 e. The molecule has 0 saturated carbocycles. The van der Waals surface area contributed by atoms with Crippen LogP contribution in [-0.2, 0) is 16.4 Å². The van der Waals surface area contributed by atoms with Crippen LogP contribution in [0.25, 0.3) is 0 Å². The van der Waals surface area contributed by atoms with Gasteiger partial charge in [-0.1, -0.05) is 0 Å². The van der Waals surface area contributed by atoms with Crippen LogP contribution in [-0.4, -0.2) is 26.7 Å². The number of ether oxygens (including phenoxy) is 2. The number of aryl methyl sites for hydroxylation is 1. The van der Waals surface area contributed by atoms with Gasteiger partial charge < -0.3 is 13.9 Å². The van der Waals surface area contributed by atoms with Gasteiger partial charge in [0.1, 0.15) is 6.26 Å². The Kier molecular flexibility index (Phi) is 3.56. The number of rotatable bonds is 5. The lowest BCUT2D eigenvalue weighted by Crippen LogP contribution is -2.26. The molecule has 7 nitrogen and oxygen atoms in total. The molecule has 1 aromatic carbocycles. The van der Waals surface area contributed by atoms with Crippen LogP contribution in [0.5, 0.6) is 11.5 Å².